The first-order chi connectivity index (χ1) is 30.5. The van der Waals surface area contributed by atoms with E-state index in [0.717, 1.165) is 122 Å². The third kappa shape index (κ3) is 47.4. The summed E-state index contributed by atoms with van der Waals surface area (Å²) in [6, 6.07) is 0. The molecule has 0 amide bonds. The quantitative estimate of drug-likeness (QED) is 0.0200. The smallest absolute Gasteiger partial charge is 0.306 e. The number of carbonyl (C=O) groups excluding carboxylic acids is 3. The molecule has 6 heteroatoms. The lowest BCUT2D eigenvalue weighted by Gasteiger charge is -2.18. The first-order valence-electron chi connectivity index (χ1n) is 25.3. The molecule has 0 saturated heterocycles. The molecular formula is C56H92O6. The second-order valence-electron chi connectivity index (χ2n) is 16.4. The standard InChI is InChI=1S/C56H92O6/c1-4-7-10-13-16-19-22-25-27-29-31-34-37-40-43-46-49-55(58)61-52-53(51-60-54(57)48-45-42-39-36-33-30-24-21-18-15-12-9-6-3)62-56(59)50-47-44-41-38-35-32-28-26-23-20-17-14-11-8-5-2/h7-8,10-11,14,16-17,19-20,23,25,27,30-31,33-34,53H,4-6,9,12-13,15,18,21-22,24,26,28-29,32,35-52H2,1-3H3/b10-7-,11-8-,17-14-,19-16-,23-20-,27-25-,33-30-,34-31-. The maximum Gasteiger partial charge on any atom is 0.306 e. The van der Waals surface area contributed by atoms with E-state index in [1.54, 1.807) is 0 Å². The molecule has 0 fully saturated rings. The highest BCUT2D eigenvalue weighted by Crippen LogP contribution is 2.13. The normalized spacial score (nSPS) is 12.9. The molecule has 0 aliphatic heterocycles. The second kappa shape index (κ2) is 50.0. The van der Waals surface area contributed by atoms with Crippen molar-refractivity contribution in [2.75, 3.05) is 13.2 Å². The molecule has 0 spiro atoms. The molecule has 0 saturated carbocycles. The summed E-state index contributed by atoms with van der Waals surface area (Å²) in [7, 11) is 0. The summed E-state index contributed by atoms with van der Waals surface area (Å²) in [5.41, 5.74) is 0. The van der Waals surface area contributed by atoms with Gasteiger partial charge in [-0.2, -0.15) is 0 Å². The van der Waals surface area contributed by atoms with Gasteiger partial charge in [-0.3, -0.25) is 14.4 Å². The summed E-state index contributed by atoms with van der Waals surface area (Å²) in [4.78, 5) is 37.9. The van der Waals surface area contributed by atoms with Gasteiger partial charge in [0.1, 0.15) is 13.2 Å². The van der Waals surface area contributed by atoms with Crippen LogP contribution in [0.2, 0.25) is 0 Å². The van der Waals surface area contributed by atoms with Gasteiger partial charge < -0.3 is 14.2 Å². The van der Waals surface area contributed by atoms with E-state index in [2.05, 4.69) is 118 Å². The van der Waals surface area contributed by atoms with Crippen molar-refractivity contribution in [1.82, 2.24) is 0 Å². The van der Waals surface area contributed by atoms with Crippen molar-refractivity contribution < 1.29 is 28.6 Å². The maximum atomic E-state index is 12.8. The fourth-order valence-corrected chi connectivity index (χ4v) is 6.60. The van der Waals surface area contributed by atoms with Crippen LogP contribution >= 0.6 is 0 Å². The molecular weight excluding hydrogens is 769 g/mol. The van der Waals surface area contributed by atoms with Gasteiger partial charge in [-0.1, -0.05) is 195 Å². The lowest BCUT2D eigenvalue weighted by Crippen LogP contribution is -2.30. The predicted octanol–water partition coefficient (Wildman–Crippen LogP) is 16.6. The molecule has 0 aliphatic carbocycles. The molecule has 62 heavy (non-hydrogen) atoms. The van der Waals surface area contributed by atoms with Gasteiger partial charge in [-0.25, -0.2) is 0 Å². The highest BCUT2D eigenvalue weighted by Gasteiger charge is 2.19. The Hall–Kier alpha value is -3.67. The molecule has 0 aromatic heterocycles. The molecule has 0 aromatic rings. The first-order valence-corrected chi connectivity index (χ1v) is 25.3. The minimum absolute atomic E-state index is 0.102. The van der Waals surface area contributed by atoms with Crippen LogP contribution in [0.1, 0.15) is 220 Å². The van der Waals surface area contributed by atoms with Gasteiger partial charge in [-0.15, -0.1) is 0 Å². The van der Waals surface area contributed by atoms with Crippen LogP contribution in [0.15, 0.2) is 97.2 Å². The molecule has 0 aliphatic rings. The van der Waals surface area contributed by atoms with Gasteiger partial charge in [0, 0.05) is 19.3 Å². The fraction of sp³-hybridized carbons (Fsp3) is 0.661. The van der Waals surface area contributed by atoms with Crippen molar-refractivity contribution in [2.45, 2.75) is 226 Å². The Labute approximate surface area is 381 Å². The van der Waals surface area contributed by atoms with Crippen LogP contribution in [0.4, 0.5) is 0 Å². The molecule has 6 nitrogen and oxygen atoms in total. The van der Waals surface area contributed by atoms with Crippen molar-refractivity contribution in [3.63, 3.8) is 0 Å². The molecule has 0 aromatic carbocycles. The zero-order valence-corrected chi connectivity index (χ0v) is 40.1. The van der Waals surface area contributed by atoms with Crippen molar-refractivity contribution in [1.29, 1.82) is 0 Å². The third-order valence-corrected chi connectivity index (χ3v) is 10.4. The number of hydrogen-bond donors (Lipinski definition) is 0. The topological polar surface area (TPSA) is 78.9 Å². The van der Waals surface area contributed by atoms with Crippen LogP contribution in [0.3, 0.4) is 0 Å². The average molecular weight is 861 g/mol. The summed E-state index contributed by atoms with van der Waals surface area (Å²) in [6.07, 6.45) is 65.3. The SMILES string of the molecule is CC\C=C/C=C\C=C/CCCCCCCCCC(=O)OC(COC(=O)CCCCC/C=C\C/C=C\C/C=C\C/C=C\CC)COC(=O)CCCCC/C=C\CCCCCCCC. The average Bonchev–Trinajstić information content (AvgIpc) is 3.27. The van der Waals surface area contributed by atoms with Crippen molar-refractivity contribution in [3.05, 3.63) is 97.2 Å². The number of esters is 3. The van der Waals surface area contributed by atoms with Crippen LogP contribution in [-0.4, -0.2) is 37.2 Å². The van der Waals surface area contributed by atoms with Crippen LogP contribution in [0.5, 0.6) is 0 Å². The fourth-order valence-electron chi connectivity index (χ4n) is 6.60. The van der Waals surface area contributed by atoms with Crippen molar-refractivity contribution >= 4 is 17.9 Å². The van der Waals surface area contributed by atoms with Crippen LogP contribution < -0.4 is 0 Å². The zero-order chi connectivity index (χ0) is 45.1. The maximum absolute atomic E-state index is 12.8. The minimum atomic E-state index is -0.803. The van der Waals surface area contributed by atoms with E-state index in [0.29, 0.717) is 19.3 Å². The molecule has 1 unspecified atom stereocenters. The lowest BCUT2D eigenvalue weighted by molar-refractivity contribution is -0.167. The van der Waals surface area contributed by atoms with Gasteiger partial charge >= 0.3 is 17.9 Å². The number of rotatable bonds is 44. The van der Waals surface area contributed by atoms with E-state index in [1.165, 1.54) is 57.8 Å². The Bertz CT molecular complexity index is 1260. The highest BCUT2D eigenvalue weighted by molar-refractivity contribution is 5.71. The van der Waals surface area contributed by atoms with E-state index in [9.17, 15) is 14.4 Å². The van der Waals surface area contributed by atoms with E-state index < -0.39 is 6.10 Å². The van der Waals surface area contributed by atoms with Gasteiger partial charge in [0.2, 0.25) is 0 Å². The molecule has 352 valence electrons. The number of allylic oxidation sites excluding steroid dienone is 16. The van der Waals surface area contributed by atoms with Crippen LogP contribution in [0.25, 0.3) is 0 Å². The molecule has 0 bridgehead atoms. The zero-order valence-electron chi connectivity index (χ0n) is 40.1. The van der Waals surface area contributed by atoms with E-state index in [1.807, 2.05) is 0 Å². The summed E-state index contributed by atoms with van der Waals surface area (Å²) in [5, 5.41) is 0. The third-order valence-electron chi connectivity index (χ3n) is 10.4. The molecule has 1 atom stereocenters. The van der Waals surface area contributed by atoms with Gasteiger partial charge in [-0.05, 0) is 103 Å². The van der Waals surface area contributed by atoms with Crippen LogP contribution in [-0.2, 0) is 28.6 Å². The highest BCUT2D eigenvalue weighted by atomic mass is 16.6. The lowest BCUT2D eigenvalue weighted by atomic mass is 10.1. The van der Waals surface area contributed by atoms with Gasteiger partial charge in [0.15, 0.2) is 6.10 Å². The summed E-state index contributed by atoms with van der Waals surface area (Å²) < 4.78 is 16.7. The first kappa shape index (κ1) is 58.3. The number of unbranched alkanes of at least 4 members (excludes halogenated alkanes) is 19. The predicted molar refractivity (Wildman–Crippen MR) is 265 cm³/mol. The summed E-state index contributed by atoms with van der Waals surface area (Å²) in [6.45, 7) is 6.32. The Morgan fingerprint density at radius 3 is 1.19 bits per heavy atom. The Morgan fingerprint density at radius 2 is 0.710 bits per heavy atom. The Morgan fingerprint density at radius 1 is 0.355 bits per heavy atom. The molecule has 0 rings (SSSR count). The largest absolute Gasteiger partial charge is 0.462 e. The van der Waals surface area contributed by atoms with Gasteiger partial charge in [0.25, 0.3) is 0 Å². The van der Waals surface area contributed by atoms with Crippen molar-refractivity contribution in [3.8, 4) is 0 Å². The van der Waals surface area contributed by atoms with Gasteiger partial charge in [0.05, 0.1) is 0 Å². The summed E-state index contributed by atoms with van der Waals surface area (Å²) in [5.74, 6) is -0.965. The monoisotopic (exact) mass is 861 g/mol. The molecule has 0 N–H and O–H groups in total. The Kier molecular flexibility index (Phi) is 47.0. The molecule has 0 heterocycles. The Balaban J connectivity index is 4.49. The number of carbonyl (C=O) groups is 3. The van der Waals surface area contributed by atoms with Crippen LogP contribution in [0, 0.1) is 0 Å². The molecule has 0 radical (unpaired) electrons. The van der Waals surface area contributed by atoms with E-state index in [-0.39, 0.29) is 31.1 Å². The van der Waals surface area contributed by atoms with Crippen molar-refractivity contribution in [2.24, 2.45) is 0 Å². The summed E-state index contributed by atoms with van der Waals surface area (Å²) >= 11 is 0. The number of ether oxygens (including phenoxy) is 3. The minimum Gasteiger partial charge on any atom is -0.462 e. The second-order valence-corrected chi connectivity index (χ2v) is 16.4. The van der Waals surface area contributed by atoms with E-state index >= 15 is 0 Å². The number of hydrogen-bond acceptors (Lipinski definition) is 6. The van der Waals surface area contributed by atoms with E-state index in [4.69, 9.17) is 14.2 Å².